The molecule has 4 rings (SSSR count). The number of ether oxygens (including phenoxy) is 4. The second-order valence-corrected chi connectivity index (χ2v) is 11.3. The molecule has 0 amide bonds. The fraction of sp³-hybridized carbons (Fsp3) is 0.613. The Balaban J connectivity index is 1.30. The summed E-state index contributed by atoms with van der Waals surface area (Å²) in [6.45, 7) is 6.15. The summed E-state index contributed by atoms with van der Waals surface area (Å²) < 4.78 is 37.6. The number of aliphatic carboxylic acids is 1. The third kappa shape index (κ3) is 7.28. The number of nitrogens with zero attached hydrogens (tertiary/aromatic N) is 2. The van der Waals surface area contributed by atoms with Crippen LogP contribution in [-0.4, -0.2) is 74.6 Å². The van der Waals surface area contributed by atoms with Gasteiger partial charge in [0.25, 0.3) is 0 Å². The lowest BCUT2D eigenvalue weighted by Crippen LogP contribution is -2.34. The van der Waals surface area contributed by atoms with Crippen LogP contribution in [0.25, 0.3) is 0 Å². The largest absolute Gasteiger partial charge is 0.496 e. The maximum absolute atomic E-state index is 15.0. The van der Waals surface area contributed by atoms with Crippen LogP contribution in [0.15, 0.2) is 18.2 Å². The Morgan fingerprint density at radius 1 is 1.20 bits per heavy atom. The molecule has 1 aromatic carbocycles. The van der Waals surface area contributed by atoms with E-state index in [-0.39, 0.29) is 17.4 Å². The zero-order valence-electron chi connectivity index (χ0n) is 24.9. The molecule has 9 nitrogen and oxygen atoms in total. The number of methoxy groups -OCH3 is 3. The number of carbonyl (C=O) groups is 1. The van der Waals surface area contributed by atoms with Gasteiger partial charge >= 0.3 is 5.97 Å². The number of carboxylic acids is 1. The summed E-state index contributed by atoms with van der Waals surface area (Å²) in [7, 11) is 4.60. The summed E-state index contributed by atoms with van der Waals surface area (Å²) in [6, 6.07) is 4.02. The number of fused-ring (bicyclic) bond motifs is 1. The first-order valence-electron chi connectivity index (χ1n) is 14.5. The van der Waals surface area contributed by atoms with Crippen LogP contribution in [0.4, 0.5) is 10.2 Å². The maximum atomic E-state index is 15.0. The molecule has 1 fully saturated rings. The number of hydrogen-bond acceptors (Lipinski definition) is 8. The van der Waals surface area contributed by atoms with E-state index in [0.29, 0.717) is 31.7 Å². The number of anilines is 1. The van der Waals surface area contributed by atoms with Gasteiger partial charge in [-0.1, -0.05) is 6.42 Å². The molecule has 3 heterocycles. The molecule has 2 N–H and O–H groups in total. The summed E-state index contributed by atoms with van der Waals surface area (Å²) in [5.74, 6) is 0.149. The molecule has 0 spiro atoms. The molecular formula is C31H44FN3O6. The number of aromatic nitrogens is 1. The molecule has 0 aliphatic carbocycles. The summed E-state index contributed by atoms with van der Waals surface area (Å²) in [5.41, 5.74) is 2.24. The molecule has 2 atom stereocenters. The van der Waals surface area contributed by atoms with Gasteiger partial charge in [0.2, 0.25) is 0 Å². The molecule has 2 aliphatic rings. The van der Waals surface area contributed by atoms with Crippen molar-refractivity contribution in [2.24, 2.45) is 0 Å². The molecular weight excluding hydrogens is 529 g/mol. The summed E-state index contributed by atoms with van der Waals surface area (Å²) >= 11 is 0. The average molecular weight is 574 g/mol. The Hall–Kier alpha value is -2.95. The summed E-state index contributed by atoms with van der Waals surface area (Å²) in [4.78, 5) is 19.1. The monoisotopic (exact) mass is 573 g/mol. The van der Waals surface area contributed by atoms with E-state index in [4.69, 9.17) is 23.9 Å². The van der Waals surface area contributed by atoms with Crippen LogP contribution >= 0.6 is 0 Å². The van der Waals surface area contributed by atoms with Crippen molar-refractivity contribution < 1.29 is 33.2 Å². The molecule has 2 aromatic rings. The maximum Gasteiger partial charge on any atom is 0.325 e. The van der Waals surface area contributed by atoms with Gasteiger partial charge in [-0.3, -0.25) is 9.69 Å². The van der Waals surface area contributed by atoms with E-state index in [9.17, 15) is 9.90 Å². The Bertz CT molecular complexity index is 1190. The minimum absolute atomic E-state index is 0.0563. The second-order valence-electron chi connectivity index (χ2n) is 11.3. The van der Waals surface area contributed by atoms with E-state index in [0.717, 1.165) is 62.3 Å². The average Bonchev–Trinajstić information content (AvgIpc) is 3.42. The lowest BCUT2D eigenvalue weighted by Gasteiger charge is -2.29. The normalized spacial score (nSPS) is 18.0. The van der Waals surface area contributed by atoms with Crippen molar-refractivity contribution in [2.75, 3.05) is 52.9 Å². The highest BCUT2D eigenvalue weighted by atomic mass is 19.1. The van der Waals surface area contributed by atoms with Crippen LogP contribution in [-0.2, 0) is 32.7 Å². The molecule has 2 aliphatic heterocycles. The van der Waals surface area contributed by atoms with E-state index in [1.807, 2.05) is 18.7 Å². The number of halogens is 1. The summed E-state index contributed by atoms with van der Waals surface area (Å²) in [6.07, 6.45) is 6.49. The van der Waals surface area contributed by atoms with Crippen LogP contribution in [0.2, 0.25) is 0 Å². The van der Waals surface area contributed by atoms with Crippen LogP contribution in [0.5, 0.6) is 11.5 Å². The van der Waals surface area contributed by atoms with Gasteiger partial charge in [-0.15, -0.1) is 0 Å². The first-order valence-corrected chi connectivity index (χ1v) is 14.5. The quantitative estimate of drug-likeness (QED) is 0.299. The van der Waals surface area contributed by atoms with E-state index in [1.54, 1.807) is 20.3 Å². The van der Waals surface area contributed by atoms with Crippen molar-refractivity contribution in [3.63, 3.8) is 0 Å². The van der Waals surface area contributed by atoms with Crippen molar-refractivity contribution >= 4 is 11.8 Å². The van der Waals surface area contributed by atoms with E-state index in [1.165, 1.54) is 18.7 Å². The number of hydrogen-bond donors (Lipinski definition) is 2. The number of unbranched alkanes of at least 4 members (excludes halogenated alkanes) is 2. The third-order valence-corrected chi connectivity index (χ3v) is 8.24. The third-order valence-electron chi connectivity index (χ3n) is 8.24. The Kier molecular flexibility index (Phi) is 10.4. The molecule has 226 valence electrons. The topological polar surface area (TPSA) is 102 Å². The molecule has 0 bridgehead atoms. The van der Waals surface area contributed by atoms with Crippen molar-refractivity contribution in [1.29, 1.82) is 0 Å². The fourth-order valence-electron chi connectivity index (χ4n) is 5.71. The predicted molar refractivity (Wildman–Crippen MR) is 154 cm³/mol. The molecule has 1 aromatic heterocycles. The van der Waals surface area contributed by atoms with Crippen LogP contribution < -0.4 is 14.8 Å². The van der Waals surface area contributed by atoms with E-state index >= 15 is 4.39 Å². The highest BCUT2D eigenvalue weighted by Gasteiger charge is 2.37. The number of rotatable bonds is 14. The number of carboxylic acid groups (broad SMARTS) is 1. The Morgan fingerprint density at radius 2 is 2.00 bits per heavy atom. The van der Waals surface area contributed by atoms with Gasteiger partial charge in [0.05, 0.1) is 25.9 Å². The Labute approximate surface area is 242 Å². The standard InChI is InChI=1S/C31H44FN3O6/c1-31(2,40-5)20-16-24(28(39-4)25(32)17-20)27(30(36)37)35-14-12-22(19-35)41-15-8-6-7-10-21-18-26(38-3)23-11-9-13-33-29(23)34-21/h16-18,22,27H,6-15,19H2,1-5H3,(H,33,34)(H,36,37)/t22-,27+/m1/s1. The number of nitrogens with one attached hydrogen (secondary N) is 1. The molecule has 0 saturated carbocycles. The van der Waals surface area contributed by atoms with Crippen LogP contribution in [0.1, 0.15) is 74.4 Å². The molecule has 0 unspecified atom stereocenters. The van der Waals surface area contributed by atoms with E-state index < -0.39 is 23.4 Å². The van der Waals surface area contributed by atoms with Crippen molar-refractivity contribution in [2.45, 2.75) is 76.5 Å². The van der Waals surface area contributed by atoms with Crippen molar-refractivity contribution in [1.82, 2.24) is 9.88 Å². The van der Waals surface area contributed by atoms with Gasteiger partial charge in [-0.05, 0) is 70.1 Å². The molecule has 10 heteroatoms. The minimum atomic E-state index is -1.06. The molecule has 41 heavy (non-hydrogen) atoms. The van der Waals surface area contributed by atoms with Gasteiger partial charge in [-0.2, -0.15) is 0 Å². The predicted octanol–water partition coefficient (Wildman–Crippen LogP) is 5.11. The zero-order valence-corrected chi connectivity index (χ0v) is 24.9. The first kappa shape index (κ1) is 31.0. The van der Waals surface area contributed by atoms with Gasteiger partial charge in [0, 0.05) is 56.2 Å². The number of pyridine rings is 1. The van der Waals surface area contributed by atoms with Gasteiger partial charge in [-0.25, -0.2) is 9.37 Å². The Morgan fingerprint density at radius 3 is 2.71 bits per heavy atom. The summed E-state index contributed by atoms with van der Waals surface area (Å²) in [5, 5.41) is 13.6. The fourth-order valence-corrected chi connectivity index (χ4v) is 5.71. The van der Waals surface area contributed by atoms with Gasteiger partial charge in [0.1, 0.15) is 17.6 Å². The number of likely N-dealkylation sites (tertiary alicyclic amines) is 1. The van der Waals surface area contributed by atoms with Crippen molar-refractivity contribution in [3.8, 4) is 11.5 Å². The SMILES string of the molecule is COc1cc(CCCCCO[C@@H]2CCN([C@H](C(=O)O)c3cc(C(C)(C)OC)cc(F)c3OC)C2)nc2c1CCCN2. The number of benzene rings is 1. The highest BCUT2D eigenvalue weighted by molar-refractivity contribution is 5.77. The second kappa shape index (κ2) is 13.8. The number of aryl methyl sites for hydroxylation is 1. The smallest absolute Gasteiger partial charge is 0.325 e. The van der Waals surface area contributed by atoms with Crippen LogP contribution in [0.3, 0.4) is 0 Å². The molecule has 0 radical (unpaired) electrons. The highest BCUT2D eigenvalue weighted by Crippen LogP contribution is 2.38. The zero-order chi connectivity index (χ0) is 29.6. The van der Waals surface area contributed by atoms with Gasteiger partial charge in [0.15, 0.2) is 11.6 Å². The minimum Gasteiger partial charge on any atom is -0.496 e. The van der Waals surface area contributed by atoms with E-state index in [2.05, 4.69) is 11.4 Å². The van der Waals surface area contributed by atoms with Gasteiger partial charge < -0.3 is 29.4 Å². The van der Waals surface area contributed by atoms with Crippen LogP contribution in [0, 0.1) is 5.82 Å². The lowest BCUT2D eigenvalue weighted by molar-refractivity contribution is -0.143. The van der Waals surface area contributed by atoms with Crippen molar-refractivity contribution in [3.05, 3.63) is 46.4 Å². The lowest BCUT2D eigenvalue weighted by atomic mass is 9.92. The first-order chi connectivity index (χ1) is 19.7. The molecule has 1 saturated heterocycles.